The summed E-state index contributed by atoms with van der Waals surface area (Å²) in [6, 6.07) is 4.50. The van der Waals surface area contributed by atoms with Gasteiger partial charge in [-0.1, -0.05) is 22.4 Å². The van der Waals surface area contributed by atoms with Crippen molar-refractivity contribution in [3.05, 3.63) is 52.9 Å². The van der Waals surface area contributed by atoms with E-state index in [0.29, 0.717) is 6.04 Å². The molecule has 0 amide bonds. The SMILES string of the molecule is Cn1ccnc1C1CCCCN1Cc1cnc2cc(Br)ccn12. The Morgan fingerprint density at radius 2 is 2.17 bits per heavy atom. The summed E-state index contributed by atoms with van der Waals surface area (Å²) in [6.07, 6.45) is 11.7. The minimum Gasteiger partial charge on any atom is -0.337 e. The topological polar surface area (TPSA) is 38.4 Å². The summed E-state index contributed by atoms with van der Waals surface area (Å²) in [5.41, 5.74) is 2.22. The average Bonchev–Trinajstić information content (AvgIpc) is 3.14. The van der Waals surface area contributed by atoms with Crippen LogP contribution in [0.25, 0.3) is 5.65 Å². The van der Waals surface area contributed by atoms with E-state index in [1.54, 1.807) is 0 Å². The molecule has 1 aliphatic rings. The summed E-state index contributed by atoms with van der Waals surface area (Å²) in [7, 11) is 2.08. The fourth-order valence-electron chi connectivity index (χ4n) is 3.50. The maximum atomic E-state index is 4.59. The third-order valence-electron chi connectivity index (χ3n) is 4.69. The number of nitrogens with zero attached hydrogens (tertiary/aromatic N) is 5. The van der Waals surface area contributed by atoms with Crippen LogP contribution in [0.1, 0.15) is 36.8 Å². The van der Waals surface area contributed by atoms with E-state index in [1.165, 1.54) is 30.8 Å². The van der Waals surface area contributed by atoms with Gasteiger partial charge in [-0.2, -0.15) is 0 Å². The second-order valence-corrected chi connectivity index (χ2v) is 7.12. The van der Waals surface area contributed by atoms with Crippen LogP contribution in [0, 0.1) is 0 Å². The molecule has 0 radical (unpaired) electrons. The molecule has 3 aromatic heterocycles. The number of pyridine rings is 1. The van der Waals surface area contributed by atoms with Crippen molar-refractivity contribution in [2.24, 2.45) is 7.05 Å². The van der Waals surface area contributed by atoms with Gasteiger partial charge in [0, 0.05) is 36.7 Å². The number of piperidine rings is 1. The normalized spacial score (nSPS) is 19.5. The summed E-state index contributed by atoms with van der Waals surface area (Å²) >= 11 is 3.51. The van der Waals surface area contributed by atoms with E-state index in [4.69, 9.17) is 0 Å². The maximum absolute atomic E-state index is 4.59. The minimum atomic E-state index is 0.393. The molecule has 5 nitrogen and oxygen atoms in total. The van der Waals surface area contributed by atoms with E-state index >= 15 is 0 Å². The number of hydrogen-bond acceptors (Lipinski definition) is 3. The van der Waals surface area contributed by atoms with E-state index < -0.39 is 0 Å². The van der Waals surface area contributed by atoms with Crippen molar-refractivity contribution < 1.29 is 0 Å². The lowest BCUT2D eigenvalue weighted by Gasteiger charge is -2.35. The highest BCUT2D eigenvalue weighted by Crippen LogP contribution is 2.31. The van der Waals surface area contributed by atoms with E-state index in [-0.39, 0.29) is 0 Å². The van der Waals surface area contributed by atoms with Gasteiger partial charge in [0.2, 0.25) is 0 Å². The largest absolute Gasteiger partial charge is 0.337 e. The van der Waals surface area contributed by atoms with Crippen molar-refractivity contribution in [1.29, 1.82) is 0 Å². The predicted octanol–water partition coefficient (Wildman–Crippen LogP) is 3.56. The van der Waals surface area contributed by atoms with Gasteiger partial charge in [-0.05, 0) is 31.5 Å². The average molecular weight is 374 g/mol. The van der Waals surface area contributed by atoms with Gasteiger partial charge in [0.1, 0.15) is 11.5 Å². The van der Waals surface area contributed by atoms with Crippen LogP contribution in [-0.4, -0.2) is 30.4 Å². The molecule has 3 aromatic rings. The number of imidazole rings is 2. The number of likely N-dealkylation sites (tertiary alicyclic amines) is 1. The molecule has 0 bridgehead atoms. The number of fused-ring (bicyclic) bond motifs is 1. The van der Waals surface area contributed by atoms with E-state index in [0.717, 1.165) is 23.2 Å². The van der Waals surface area contributed by atoms with Gasteiger partial charge in [-0.25, -0.2) is 9.97 Å². The van der Waals surface area contributed by atoms with Gasteiger partial charge in [0.25, 0.3) is 0 Å². The van der Waals surface area contributed by atoms with Gasteiger partial charge in [0.15, 0.2) is 0 Å². The fourth-order valence-corrected chi connectivity index (χ4v) is 3.83. The molecule has 1 unspecified atom stereocenters. The zero-order valence-corrected chi connectivity index (χ0v) is 14.8. The summed E-state index contributed by atoms with van der Waals surface area (Å²) in [5, 5.41) is 0. The Kier molecular flexibility index (Phi) is 3.95. The Morgan fingerprint density at radius 3 is 3.00 bits per heavy atom. The smallest absolute Gasteiger partial charge is 0.138 e. The molecular formula is C17H20BrN5. The number of halogens is 1. The van der Waals surface area contributed by atoms with Crippen molar-refractivity contribution in [2.75, 3.05) is 6.54 Å². The highest BCUT2D eigenvalue weighted by Gasteiger charge is 2.27. The van der Waals surface area contributed by atoms with Crippen LogP contribution < -0.4 is 0 Å². The van der Waals surface area contributed by atoms with Gasteiger partial charge in [-0.15, -0.1) is 0 Å². The predicted molar refractivity (Wildman–Crippen MR) is 93.1 cm³/mol. The van der Waals surface area contributed by atoms with Crippen molar-refractivity contribution in [1.82, 2.24) is 23.8 Å². The monoisotopic (exact) mass is 373 g/mol. The second kappa shape index (κ2) is 6.09. The summed E-state index contributed by atoms with van der Waals surface area (Å²) in [5.74, 6) is 1.17. The highest BCUT2D eigenvalue weighted by molar-refractivity contribution is 9.10. The molecule has 0 aromatic carbocycles. The lowest BCUT2D eigenvalue weighted by Crippen LogP contribution is -2.34. The third-order valence-corrected chi connectivity index (χ3v) is 5.18. The van der Waals surface area contributed by atoms with Crippen LogP contribution in [0.15, 0.2) is 41.4 Å². The van der Waals surface area contributed by atoms with Crippen LogP contribution in [0.5, 0.6) is 0 Å². The van der Waals surface area contributed by atoms with Crippen LogP contribution in [-0.2, 0) is 13.6 Å². The van der Waals surface area contributed by atoms with Gasteiger partial charge < -0.3 is 8.97 Å². The molecule has 120 valence electrons. The molecule has 0 spiro atoms. The maximum Gasteiger partial charge on any atom is 0.138 e. The minimum absolute atomic E-state index is 0.393. The first-order valence-corrected chi connectivity index (χ1v) is 8.84. The third kappa shape index (κ3) is 2.81. The first-order chi connectivity index (χ1) is 11.2. The first kappa shape index (κ1) is 14.9. The van der Waals surface area contributed by atoms with Crippen molar-refractivity contribution in [3.8, 4) is 0 Å². The van der Waals surface area contributed by atoms with Gasteiger partial charge in [-0.3, -0.25) is 4.90 Å². The van der Waals surface area contributed by atoms with Crippen molar-refractivity contribution in [3.63, 3.8) is 0 Å². The molecule has 23 heavy (non-hydrogen) atoms. The van der Waals surface area contributed by atoms with Crippen LogP contribution >= 0.6 is 15.9 Å². The molecule has 1 fully saturated rings. The summed E-state index contributed by atoms with van der Waals surface area (Å²) < 4.78 is 5.38. The number of aryl methyl sites for hydroxylation is 1. The Bertz CT molecular complexity index is 821. The zero-order valence-electron chi connectivity index (χ0n) is 13.2. The van der Waals surface area contributed by atoms with Crippen molar-refractivity contribution in [2.45, 2.75) is 31.8 Å². The first-order valence-electron chi connectivity index (χ1n) is 8.05. The standard InChI is InChI=1S/C17H20BrN5/c1-21-9-6-19-17(21)15-4-2-3-7-22(15)12-14-11-20-16-10-13(18)5-8-23(14)16/h5-6,8-11,15H,2-4,7,12H2,1H3. The van der Waals surface area contributed by atoms with E-state index in [2.05, 4.69) is 65.1 Å². The number of rotatable bonds is 3. The lowest BCUT2D eigenvalue weighted by molar-refractivity contribution is 0.129. The zero-order chi connectivity index (χ0) is 15.8. The van der Waals surface area contributed by atoms with Crippen molar-refractivity contribution >= 4 is 21.6 Å². The molecule has 4 heterocycles. The van der Waals surface area contributed by atoms with Crippen LogP contribution in [0.3, 0.4) is 0 Å². The second-order valence-electron chi connectivity index (χ2n) is 6.20. The van der Waals surface area contributed by atoms with E-state index in [1.807, 2.05) is 18.6 Å². The molecule has 4 rings (SSSR count). The fraction of sp³-hybridized carbons (Fsp3) is 0.412. The van der Waals surface area contributed by atoms with E-state index in [9.17, 15) is 0 Å². The summed E-state index contributed by atoms with van der Waals surface area (Å²) in [6.45, 7) is 2.02. The highest BCUT2D eigenvalue weighted by atomic mass is 79.9. The number of hydrogen-bond donors (Lipinski definition) is 0. The molecule has 1 aliphatic heterocycles. The molecule has 6 heteroatoms. The van der Waals surface area contributed by atoms with Gasteiger partial charge >= 0.3 is 0 Å². The van der Waals surface area contributed by atoms with Crippen LogP contribution in [0.4, 0.5) is 0 Å². The number of aromatic nitrogens is 4. The Hall–Kier alpha value is -1.66. The van der Waals surface area contributed by atoms with Crippen LogP contribution in [0.2, 0.25) is 0 Å². The Balaban J connectivity index is 1.64. The Labute approximate surface area is 144 Å². The van der Waals surface area contributed by atoms with Gasteiger partial charge in [0.05, 0.1) is 17.9 Å². The Morgan fingerprint density at radius 1 is 1.26 bits per heavy atom. The molecule has 1 atom stereocenters. The molecule has 0 aliphatic carbocycles. The summed E-state index contributed by atoms with van der Waals surface area (Å²) in [4.78, 5) is 11.7. The quantitative estimate of drug-likeness (QED) is 0.704. The lowest BCUT2D eigenvalue weighted by atomic mass is 10.0. The molecule has 0 N–H and O–H groups in total. The molecular weight excluding hydrogens is 354 g/mol. The molecule has 1 saturated heterocycles. The molecule has 0 saturated carbocycles.